The van der Waals surface area contributed by atoms with Gasteiger partial charge in [-0.05, 0) is 42.0 Å². The van der Waals surface area contributed by atoms with Crippen molar-refractivity contribution in [2.45, 2.75) is 13.0 Å². The van der Waals surface area contributed by atoms with E-state index < -0.39 is 0 Å². The van der Waals surface area contributed by atoms with Crippen LogP contribution in [0.1, 0.15) is 17.8 Å². The highest BCUT2D eigenvalue weighted by molar-refractivity contribution is 9.11. The van der Waals surface area contributed by atoms with Gasteiger partial charge < -0.3 is 5.32 Å². The molecule has 2 rings (SSSR count). The number of halogens is 1. The third kappa shape index (κ3) is 2.47. The first-order chi connectivity index (χ1) is 7.20. The largest absolute Gasteiger partial charge is 0.312 e. The lowest BCUT2D eigenvalue weighted by Crippen LogP contribution is -2.10. The van der Waals surface area contributed by atoms with Gasteiger partial charge >= 0.3 is 0 Å². The van der Waals surface area contributed by atoms with Crippen LogP contribution < -0.4 is 5.32 Å². The van der Waals surface area contributed by atoms with Crippen molar-refractivity contribution in [2.24, 2.45) is 0 Å². The van der Waals surface area contributed by atoms with E-state index in [0.29, 0.717) is 6.04 Å². The van der Waals surface area contributed by atoms with E-state index in [1.54, 1.807) is 22.7 Å². The maximum atomic E-state index is 4.44. The van der Waals surface area contributed by atoms with Crippen molar-refractivity contribution >= 4 is 38.6 Å². The Bertz CT molecular complexity index is 450. The molecule has 0 aliphatic rings. The van der Waals surface area contributed by atoms with Gasteiger partial charge in [0, 0.05) is 17.1 Å². The summed E-state index contributed by atoms with van der Waals surface area (Å²) in [6.45, 7) is 2.14. The van der Waals surface area contributed by atoms with Crippen LogP contribution in [-0.4, -0.2) is 12.0 Å². The minimum Gasteiger partial charge on any atom is -0.312 e. The molecule has 5 heteroatoms. The maximum absolute atomic E-state index is 4.44. The molecule has 1 atom stereocenters. The van der Waals surface area contributed by atoms with Crippen molar-refractivity contribution in [3.05, 3.63) is 27.0 Å². The smallest absolute Gasteiger partial charge is 0.133 e. The lowest BCUT2D eigenvalue weighted by Gasteiger charge is -2.04. The SMILES string of the molecule is CNC(C)c1cnc(-c2ccc(Br)s2)s1. The van der Waals surface area contributed by atoms with E-state index in [0.717, 1.165) is 8.79 Å². The van der Waals surface area contributed by atoms with Gasteiger partial charge in [-0.15, -0.1) is 22.7 Å². The third-order valence-corrected chi connectivity index (χ3v) is 5.14. The molecule has 2 nitrogen and oxygen atoms in total. The quantitative estimate of drug-likeness (QED) is 0.930. The minimum atomic E-state index is 0.375. The molecule has 1 N–H and O–H groups in total. The van der Waals surface area contributed by atoms with Crippen LogP contribution in [0.5, 0.6) is 0 Å². The highest BCUT2D eigenvalue weighted by Gasteiger charge is 2.10. The number of rotatable bonds is 3. The van der Waals surface area contributed by atoms with Crippen LogP contribution in [0.4, 0.5) is 0 Å². The molecule has 80 valence electrons. The number of hydrogen-bond donors (Lipinski definition) is 1. The van der Waals surface area contributed by atoms with Gasteiger partial charge in [-0.25, -0.2) is 4.98 Å². The molecule has 0 fully saturated rings. The van der Waals surface area contributed by atoms with Crippen LogP contribution in [-0.2, 0) is 0 Å². The molecule has 15 heavy (non-hydrogen) atoms. The molecule has 2 heterocycles. The second-order valence-corrected chi connectivity index (χ2v) is 6.71. The van der Waals surface area contributed by atoms with Crippen LogP contribution >= 0.6 is 38.6 Å². The van der Waals surface area contributed by atoms with Crippen LogP contribution in [0.3, 0.4) is 0 Å². The average Bonchev–Trinajstić information content (AvgIpc) is 2.84. The predicted octanol–water partition coefficient (Wildman–Crippen LogP) is 3.91. The van der Waals surface area contributed by atoms with Crippen LogP contribution in [0.15, 0.2) is 22.1 Å². The number of aromatic nitrogens is 1. The second-order valence-electron chi connectivity index (χ2n) is 3.18. The Morgan fingerprint density at radius 3 is 2.80 bits per heavy atom. The zero-order valence-corrected chi connectivity index (χ0v) is 11.7. The first kappa shape index (κ1) is 11.3. The molecule has 0 saturated carbocycles. The number of nitrogens with one attached hydrogen (secondary N) is 1. The molecule has 0 bridgehead atoms. The van der Waals surface area contributed by atoms with E-state index in [2.05, 4.69) is 45.3 Å². The fourth-order valence-electron chi connectivity index (χ4n) is 1.17. The lowest BCUT2D eigenvalue weighted by atomic mass is 10.3. The number of nitrogens with zero attached hydrogens (tertiary/aromatic N) is 1. The molecule has 0 aliphatic carbocycles. The number of thiophene rings is 1. The molecular weight excluding hydrogens is 292 g/mol. The highest BCUT2D eigenvalue weighted by Crippen LogP contribution is 2.35. The van der Waals surface area contributed by atoms with Crippen LogP contribution in [0.25, 0.3) is 9.88 Å². The molecule has 0 radical (unpaired) electrons. The molecule has 1 unspecified atom stereocenters. The highest BCUT2D eigenvalue weighted by atomic mass is 79.9. The molecule has 0 spiro atoms. The van der Waals surface area contributed by atoms with Crippen molar-refractivity contribution < 1.29 is 0 Å². The van der Waals surface area contributed by atoms with E-state index in [9.17, 15) is 0 Å². The van der Waals surface area contributed by atoms with Gasteiger partial charge in [0.05, 0.1) is 8.66 Å². The van der Waals surface area contributed by atoms with Gasteiger partial charge in [0.25, 0.3) is 0 Å². The van der Waals surface area contributed by atoms with Gasteiger partial charge in [0.15, 0.2) is 0 Å². The van der Waals surface area contributed by atoms with E-state index in [4.69, 9.17) is 0 Å². The summed E-state index contributed by atoms with van der Waals surface area (Å²) in [7, 11) is 1.96. The molecular formula is C10H11BrN2S2. The summed E-state index contributed by atoms with van der Waals surface area (Å²) >= 11 is 6.93. The number of thiazole rings is 1. The third-order valence-electron chi connectivity index (χ3n) is 2.17. The first-order valence-corrected chi connectivity index (χ1v) is 7.02. The van der Waals surface area contributed by atoms with Crippen molar-refractivity contribution in [1.82, 2.24) is 10.3 Å². The van der Waals surface area contributed by atoms with E-state index in [1.807, 2.05) is 13.2 Å². The Kier molecular flexibility index (Phi) is 3.56. The molecule has 0 saturated heterocycles. The summed E-state index contributed by atoms with van der Waals surface area (Å²) in [6, 6.07) is 4.53. The minimum absolute atomic E-state index is 0.375. The fourth-order valence-corrected chi connectivity index (χ4v) is 3.60. The zero-order chi connectivity index (χ0) is 10.8. The Morgan fingerprint density at radius 1 is 1.40 bits per heavy atom. The summed E-state index contributed by atoms with van der Waals surface area (Å²) in [5.41, 5.74) is 0. The Morgan fingerprint density at radius 2 is 2.20 bits per heavy atom. The zero-order valence-electron chi connectivity index (χ0n) is 8.45. The molecule has 0 aromatic carbocycles. The molecule has 0 aliphatic heterocycles. The molecule has 2 aromatic rings. The summed E-state index contributed by atoms with van der Waals surface area (Å²) in [5, 5.41) is 4.32. The van der Waals surface area contributed by atoms with Gasteiger partial charge in [-0.1, -0.05) is 0 Å². The maximum Gasteiger partial charge on any atom is 0.133 e. The topological polar surface area (TPSA) is 24.9 Å². The summed E-state index contributed by atoms with van der Waals surface area (Å²) in [5.74, 6) is 0. The van der Waals surface area contributed by atoms with Gasteiger partial charge in [0.2, 0.25) is 0 Å². The van der Waals surface area contributed by atoms with Crippen molar-refractivity contribution in [2.75, 3.05) is 7.05 Å². The van der Waals surface area contributed by atoms with E-state index in [-0.39, 0.29) is 0 Å². The lowest BCUT2D eigenvalue weighted by molar-refractivity contribution is 0.662. The first-order valence-electron chi connectivity index (χ1n) is 4.59. The predicted molar refractivity (Wildman–Crippen MR) is 70.6 cm³/mol. The van der Waals surface area contributed by atoms with Gasteiger partial charge in [-0.3, -0.25) is 0 Å². The second kappa shape index (κ2) is 4.74. The van der Waals surface area contributed by atoms with Crippen LogP contribution in [0, 0.1) is 0 Å². The molecule has 0 amide bonds. The van der Waals surface area contributed by atoms with E-state index in [1.165, 1.54) is 9.75 Å². The molecule has 2 aromatic heterocycles. The summed E-state index contributed by atoms with van der Waals surface area (Å²) in [6.07, 6.45) is 1.95. The fraction of sp³-hybridized carbons (Fsp3) is 0.300. The van der Waals surface area contributed by atoms with Gasteiger partial charge in [-0.2, -0.15) is 0 Å². The summed E-state index contributed by atoms with van der Waals surface area (Å²) < 4.78 is 1.15. The Labute approximate surface area is 106 Å². The monoisotopic (exact) mass is 302 g/mol. The normalized spacial score (nSPS) is 13.0. The Hall–Kier alpha value is -0.230. The standard InChI is InChI=1S/C10H11BrN2S2/c1-6(12-2)8-5-13-10(15-8)7-3-4-9(11)14-7/h3-6,12H,1-2H3. The van der Waals surface area contributed by atoms with Crippen molar-refractivity contribution in [3.63, 3.8) is 0 Å². The Balaban J connectivity index is 2.27. The van der Waals surface area contributed by atoms with Crippen molar-refractivity contribution in [1.29, 1.82) is 0 Å². The van der Waals surface area contributed by atoms with Gasteiger partial charge in [0.1, 0.15) is 5.01 Å². The summed E-state index contributed by atoms with van der Waals surface area (Å²) in [4.78, 5) is 6.94. The average molecular weight is 303 g/mol. The van der Waals surface area contributed by atoms with E-state index >= 15 is 0 Å². The number of hydrogen-bond acceptors (Lipinski definition) is 4. The van der Waals surface area contributed by atoms with Crippen molar-refractivity contribution in [3.8, 4) is 9.88 Å². The van der Waals surface area contributed by atoms with Crippen LogP contribution in [0.2, 0.25) is 0 Å².